The van der Waals surface area contributed by atoms with Crippen molar-refractivity contribution in [2.24, 2.45) is 5.73 Å². The molecule has 94 valence electrons. The van der Waals surface area contributed by atoms with E-state index >= 15 is 0 Å². The number of hydrogen-bond donors (Lipinski definition) is 1. The van der Waals surface area contributed by atoms with Crippen molar-refractivity contribution in [1.82, 2.24) is 0 Å². The molecule has 0 spiro atoms. The summed E-state index contributed by atoms with van der Waals surface area (Å²) in [6.07, 6.45) is 0. The lowest BCUT2D eigenvalue weighted by molar-refractivity contribution is 1.08. The van der Waals surface area contributed by atoms with Gasteiger partial charge in [0.15, 0.2) is 0 Å². The first-order chi connectivity index (χ1) is 9.31. The van der Waals surface area contributed by atoms with Crippen molar-refractivity contribution >= 4 is 22.4 Å². The molecule has 0 amide bonds. The van der Waals surface area contributed by atoms with E-state index < -0.39 is 0 Å². The van der Waals surface area contributed by atoms with Crippen LogP contribution in [0.15, 0.2) is 60.7 Å². The molecular weight excluding hydrogens is 254 g/mol. The van der Waals surface area contributed by atoms with E-state index in [0.717, 1.165) is 21.4 Å². The van der Waals surface area contributed by atoms with Gasteiger partial charge in [0.05, 0.1) is 0 Å². The van der Waals surface area contributed by atoms with Crippen LogP contribution in [-0.2, 0) is 6.54 Å². The molecule has 0 aliphatic heterocycles. The van der Waals surface area contributed by atoms with Crippen molar-refractivity contribution in [2.45, 2.75) is 6.54 Å². The average molecular weight is 268 g/mol. The smallest absolute Gasteiger partial charge is 0.0484 e. The molecule has 0 aromatic heterocycles. The van der Waals surface area contributed by atoms with E-state index in [1.807, 2.05) is 36.4 Å². The second-order valence-electron chi connectivity index (χ2n) is 4.50. The van der Waals surface area contributed by atoms with E-state index in [0.29, 0.717) is 6.54 Å². The molecule has 1 nitrogen and oxygen atoms in total. The third-order valence-corrected chi connectivity index (χ3v) is 3.71. The van der Waals surface area contributed by atoms with Gasteiger partial charge in [0.25, 0.3) is 0 Å². The van der Waals surface area contributed by atoms with Crippen LogP contribution < -0.4 is 5.73 Å². The molecular formula is C17H14ClN. The Labute approximate surface area is 117 Å². The van der Waals surface area contributed by atoms with Gasteiger partial charge in [-0.1, -0.05) is 66.2 Å². The summed E-state index contributed by atoms with van der Waals surface area (Å²) in [5.41, 5.74) is 9.38. The summed E-state index contributed by atoms with van der Waals surface area (Å²) in [4.78, 5) is 0. The molecule has 3 aromatic carbocycles. The normalized spacial score (nSPS) is 10.8. The molecule has 0 saturated carbocycles. The molecule has 0 heterocycles. The Morgan fingerprint density at radius 1 is 0.789 bits per heavy atom. The molecule has 0 bridgehead atoms. The summed E-state index contributed by atoms with van der Waals surface area (Å²) < 4.78 is 0. The van der Waals surface area contributed by atoms with E-state index in [9.17, 15) is 0 Å². The monoisotopic (exact) mass is 267 g/mol. The number of hydrogen-bond acceptors (Lipinski definition) is 1. The fourth-order valence-corrected chi connectivity index (χ4v) is 2.72. The van der Waals surface area contributed by atoms with Crippen molar-refractivity contribution in [2.75, 3.05) is 0 Å². The molecule has 3 aromatic rings. The molecule has 0 radical (unpaired) electrons. The van der Waals surface area contributed by atoms with Gasteiger partial charge >= 0.3 is 0 Å². The Morgan fingerprint density at radius 2 is 1.58 bits per heavy atom. The topological polar surface area (TPSA) is 26.0 Å². The van der Waals surface area contributed by atoms with Gasteiger partial charge < -0.3 is 5.73 Å². The Bertz CT molecular complexity index is 720. The Morgan fingerprint density at radius 3 is 2.32 bits per heavy atom. The number of benzene rings is 3. The minimum atomic E-state index is 0.521. The largest absolute Gasteiger partial charge is 0.326 e. The molecule has 0 aliphatic rings. The van der Waals surface area contributed by atoms with Gasteiger partial charge in [-0.25, -0.2) is 0 Å². The van der Waals surface area contributed by atoms with Gasteiger partial charge in [-0.05, 0) is 28.1 Å². The van der Waals surface area contributed by atoms with E-state index in [1.54, 1.807) is 0 Å². The van der Waals surface area contributed by atoms with Crippen molar-refractivity contribution in [3.8, 4) is 11.1 Å². The second-order valence-corrected chi connectivity index (χ2v) is 4.91. The predicted octanol–water partition coefficient (Wildman–Crippen LogP) is 4.62. The summed E-state index contributed by atoms with van der Waals surface area (Å²) >= 11 is 6.28. The van der Waals surface area contributed by atoms with Crippen LogP contribution in [0.1, 0.15) is 5.56 Å². The van der Waals surface area contributed by atoms with E-state index in [2.05, 4.69) is 24.3 Å². The maximum absolute atomic E-state index is 6.28. The molecule has 3 rings (SSSR count). The molecule has 0 fully saturated rings. The number of rotatable bonds is 2. The number of halogens is 1. The lowest BCUT2D eigenvalue weighted by Gasteiger charge is -2.13. The van der Waals surface area contributed by atoms with E-state index in [1.165, 1.54) is 11.1 Å². The SMILES string of the molecule is NCc1ccc2c(Cl)cccc2c1-c1ccccc1. The van der Waals surface area contributed by atoms with Gasteiger partial charge in [0.2, 0.25) is 0 Å². The van der Waals surface area contributed by atoms with Crippen molar-refractivity contribution in [3.05, 3.63) is 71.2 Å². The standard InChI is InChI=1S/C17H14ClN/c18-16-8-4-7-15-14(16)10-9-13(11-19)17(15)12-5-2-1-3-6-12/h1-10H,11,19H2. The van der Waals surface area contributed by atoms with Gasteiger partial charge in [0, 0.05) is 17.0 Å². The van der Waals surface area contributed by atoms with Crippen LogP contribution in [0.4, 0.5) is 0 Å². The van der Waals surface area contributed by atoms with Gasteiger partial charge in [0.1, 0.15) is 0 Å². The first-order valence-corrected chi connectivity index (χ1v) is 6.64. The summed E-state index contributed by atoms with van der Waals surface area (Å²) in [7, 11) is 0. The quantitative estimate of drug-likeness (QED) is 0.720. The fraction of sp³-hybridized carbons (Fsp3) is 0.0588. The van der Waals surface area contributed by atoms with Crippen LogP contribution >= 0.6 is 11.6 Å². The van der Waals surface area contributed by atoms with Crippen molar-refractivity contribution in [1.29, 1.82) is 0 Å². The zero-order valence-electron chi connectivity index (χ0n) is 10.4. The molecule has 0 aliphatic carbocycles. The van der Waals surface area contributed by atoms with Gasteiger partial charge in [-0.2, -0.15) is 0 Å². The van der Waals surface area contributed by atoms with Crippen LogP contribution in [0.25, 0.3) is 21.9 Å². The van der Waals surface area contributed by atoms with Crippen molar-refractivity contribution in [3.63, 3.8) is 0 Å². The van der Waals surface area contributed by atoms with Crippen LogP contribution in [0.2, 0.25) is 5.02 Å². The summed E-state index contributed by atoms with van der Waals surface area (Å²) in [5, 5.41) is 3.00. The van der Waals surface area contributed by atoms with E-state index in [-0.39, 0.29) is 0 Å². The molecule has 0 saturated heterocycles. The van der Waals surface area contributed by atoms with Crippen molar-refractivity contribution < 1.29 is 0 Å². The third-order valence-electron chi connectivity index (χ3n) is 3.38. The molecule has 0 atom stereocenters. The molecule has 2 N–H and O–H groups in total. The summed E-state index contributed by atoms with van der Waals surface area (Å²) in [6, 6.07) is 20.4. The first kappa shape index (κ1) is 12.2. The predicted molar refractivity (Wildman–Crippen MR) is 82.3 cm³/mol. The maximum atomic E-state index is 6.28. The average Bonchev–Trinajstić information content (AvgIpc) is 2.47. The fourth-order valence-electron chi connectivity index (χ4n) is 2.48. The first-order valence-electron chi connectivity index (χ1n) is 6.27. The van der Waals surface area contributed by atoms with Crippen LogP contribution in [-0.4, -0.2) is 0 Å². The highest BCUT2D eigenvalue weighted by molar-refractivity contribution is 6.36. The van der Waals surface area contributed by atoms with Gasteiger partial charge in [-0.3, -0.25) is 0 Å². The van der Waals surface area contributed by atoms with Crippen LogP contribution in [0, 0.1) is 0 Å². The minimum absolute atomic E-state index is 0.521. The van der Waals surface area contributed by atoms with Crippen LogP contribution in [0.5, 0.6) is 0 Å². The zero-order chi connectivity index (χ0) is 13.2. The zero-order valence-corrected chi connectivity index (χ0v) is 11.2. The molecule has 19 heavy (non-hydrogen) atoms. The second kappa shape index (κ2) is 5.04. The highest BCUT2D eigenvalue weighted by Gasteiger charge is 2.10. The summed E-state index contributed by atoms with van der Waals surface area (Å²) in [6.45, 7) is 0.521. The Kier molecular flexibility index (Phi) is 3.24. The minimum Gasteiger partial charge on any atom is -0.326 e. The highest BCUT2D eigenvalue weighted by Crippen LogP contribution is 2.34. The molecule has 2 heteroatoms. The maximum Gasteiger partial charge on any atom is 0.0484 e. The van der Waals surface area contributed by atoms with Gasteiger partial charge in [-0.15, -0.1) is 0 Å². The highest BCUT2D eigenvalue weighted by atomic mass is 35.5. The Hall–Kier alpha value is -1.83. The molecule has 0 unspecified atom stereocenters. The number of fused-ring (bicyclic) bond motifs is 1. The lowest BCUT2D eigenvalue weighted by atomic mass is 9.93. The lowest BCUT2D eigenvalue weighted by Crippen LogP contribution is -1.99. The Balaban J connectivity index is 2.41. The van der Waals surface area contributed by atoms with Crippen LogP contribution in [0.3, 0.4) is 0 Å². The van der Waals surface area contributed by atoms with E-state index in [4.69, 9.17) is 17.3 Å². The summed E-state index contributed by atoms with van der Waals surface area (Å²) in [5.74, 6) is 0. The number of nitrogens with two attached hydrogens (primary N) is 1. The third kappa shape index (κ3) is 2.12.